The topological polar surface area (TPSA) is 82.8 Å². The zero-order valence-electron chi connectivity index (χ0n) is 14.4. The van der Waals surface area contributed by atoms with Gasteiger partial charge in [-0.2, -0.15) is 5.26 Å². The van der Waals surface area contributed by atoms with Crippen molar-refractivity contribution in [2.45, 2.75) is 37.6 Å². The number of thioether (sulfide) groups is 1. The van der Waals surface area contributed by atoms with Crippen LogP contribution in [0.4, 0.5) is 0 Å². The number of Topliss-reactive ketones (excluding diaryl/α,β-unsaturated/α-hetero) is 1. The SMILES string of the molecule is CC(=O)c1cc(C#N)c(SC(C)C(=O)NCc2ccccc2)nc1C. The molecular weight excluding hydrogens is 334 g/mol. The Morgan fingerprint density at radius 2 is 2.00 bits per heavy atom. The van der Waals surface area contributed by atoms with Crippen molar-refractivity contribution in [3.05, 3.63) is 58.8 Å². The molecule has 2 aromatic rings. The molecule has 25 heavy (non-hydrogen) atoms. The number of carbonyl (C=O) groups is 2. The molecule has 128 valence electrons. The molecule has 0 radical (unpaired) electrons. The third kappa shape index (κ3) is 4.91. The van der Waals surface area contributed by atoms with Gasteiger partial charge in [0.15, 0.2) is 5.78 Å². The first kappa shape index (κ1) is 18.7. The van der Waals surface area contributed by atoms with Crippen LogP contribution in [0.3, 0.4) is 0 Å². The van der Waals surface area contributed by atoms with Gasteiger partial charge in [-0.15, -0.1) is 0 Å². The molecule has 0 aliphatic heterocycles. The molecule has 0 saturated carbocycles. The molecule has 0 aliphatic rings. The number of benzene rings is 1. The number of carbonyl (C=O) groups excluding carboxylic acids is 2. The van der Waals surface area contributed by atoms with E-state index in [9.17, 15) is 14.9 Å². The first-order chi connectivity index (χ1) is 11.9. The van der Waals surface area contributed by atoms with Gasteiger partial charge in [-0.05, 0) is 32.4 Å². The molecule has 5 nitrogen and oxygen atoms in total. The smallest absolute Gasteiger partial charge is 0.233 e. The van der Waals surface area contributed by atoms with Gasteiger partial charge in [0.2, 0.25) is 5.91 Å². The van der Waals surface area contributed by atoms with Gasteiger partial charge in [-0.3, -0.25) is 9.59 Å². The van der Waals surface area contributed by atoms with Crippen molar-refractivity contribution in [1.29, 1.82) is 5.26 Å². The number of aryl methyl sites for hydroxylation is 1. The van der Waals surface area contributed by atoms with E-state index in [1.54, 1.807) is 19.9 Å². The second-order valence-electron chi connectivity index (χ2n) is 5.61. The summed E-state index contributed by atoms with van der Waals surface area (Å²) in [5.41, 5.74) is 2.32. The summed E-state index contributed by atoms with van der Waals surface area (Å²) in [6.07, 6.45) is 0. The highest BCUT2D eigenvalue weighted by atomic mass is 32.2. The quantitative estimate of drug-likeness (QED) is 0.636. The molecule has 1 atom stereocenters. The highest BCUT2D eigenvalue weighted by Crippen LogP contribution is 2.27. The fourth-order valence-corrected chi connectivity index (χ4v) is 3.21. The fourth-order valence-electron chi connectivity index (χ4n) is 2.26. The van der Waals surface area contributed by atoms with E-state index in [0.717, 1.165) is 5.56 Å². The summed E-state index contributed by atoms with van der Waals surface area (Å²) in [4.78, 5) is 28.2. The van der Waals surface area contributed by atoms with E-state index in [1.807, 2.05) is 30.3 Å². The van der Waals surface area contributed by atoms with Crippen molar-refractivity contribution in [1.82, 2.24) is 10.3 Å². The fraction of sp³-hybridized carbons (Fsp3) is 0.263. The number of aromatic nitrogens is 1. The van der Waals surface area contributed by atoms with Crippen LogP contribution in [-0.2, 0) is 11.3 Å². The normalized spacial score (nSPS) is 11.4. The number of hydrogen-bond donors (Lipinski definition) is 1. The maximum Gasteiger partial charge on any atom is 0.233 e. The van der Waals surface area contributed by atoms with Gasteiger partial charge >= 0.3 is 0 Å². The molecule has 0 bridgehead atoms. The van der Waals surface area contributed by atoms with Gasteiger partial charge in [-0.25, -0.2) is 4.98 Å². The second-order valence-corrected chi connectivity index (χ2v) is 6.94. The van der Waals surface area contributed by atoms with E-state index in [-0.39, 0.29) is 11.7 Å². The Hall–Kier alpha value is -2.65. The lowest BCUT2D eigenvalue weighted by Gasteiger charge is -2.13. The molecule has 0 saturated heterocycles. The molecule has 1 aromatic carbocycles. The number of nitrogens with one attached hydrogen (secondary N) is 1. The lowest BCUT2D eigenvalue weighted by molar-refractivity contribution is -0.120. The number of pyridine rings is 1. The van der Waals surface area contributed by atoms with Crippen molar-refractivity contribution in [3.8, 4) is 6.07 Å². The van der Waals surface area contributed by atoms with Crippen LogP contribution in [0.2, 0.25) is 0 Å². The minimum Gasteiger partial charge on any atom is -0.351 e. The monoisotopic (exact) mass is 353 g/mol. The van der Waals surface area contributed by atoms with E-state index in [2.05, 4.69) is 16.4 Å². The Balaban J connectivity index is 2.08. The molecule has 0 spiro atoms. The van der Waals surface area contributed by atoms with Crippen LogP contribution < -0.4 is 5.32 Å². The number of hydrogen-bond acceptors (Lipinski definition) is 5. The molecule has 1 heterocycles. The predicted molar refractivity (Wildman–Crippen MR) is 97.3 cm³/mol. The van der Waals surface area contributed by atoms with Gasteiger partial charge < -0.3 is 5.32 Å². The lowest BCUT2D eigenvalue weighted by atomic mass is 10.1. The first-order valence-electron chi connectivity index (χ1n) is 7.83. The van der Waals surface area contributed by atoms with E-state index in [0.29, 0.717) is 28.4 Å². The van der Waals surface area contributed by atoms with Crippen LogP contribution in [0.5, 0.6) is 0 Å². The third-order valence-electron chi connectivity index (χ3n) is 3.65. The van der Waals surface area contributed by atoms with Crippen LogP contribution >= 0.6 is 11.8 Å². The zero-order chi connectivity index (χ0) is 18.4. The standard InChI is InChI=1S/C19H19N3O2S/c1-12-17(13(2)23)9-16(10-20)19(22-12)25-14(3)18(24)21-11-15-7-5-4-6-8-15/h4-9,14H,11H2,1-3H3,(H,21,24). The largest absolute Gasteiger partial charge is 0.351 e. The van der Waals surface area contributed by atoms with Gasteiger partial charge in [0.1, 0.15) is 11.1 Å². The molecule has 0 aliphatic carbocycles. The van der Waals surface area contributed by atoms with Crippen molar-refractivity contribution in [3.63, 3.8) is 0 Å². The molecule has 1 amide bonds. The molecule has 2 rings (SSSR count). The molecule has 1 unspecified atom stereocenters. The first-order valence-corrected chi connectivity index (χ1v) is 8.71. The Labute approximate surface area is 151 Å². The maximum absolute atomic E-state index is 12.3. The van der Waals surface area contributed by atoms with Crippen LogP contribution in [0.25, 0.3) is 0 Å². The number of amides is 1. The van der Waals surface area contributed by atoms with Gasteiger partial charge in [0.05, 0.1) is 10.8 Å². The highest BCUT2D eigenvalue weighted by molar-refractivity contribution is 8.00. The Morgan fingerprint density at radius 3 is 2.60 bits per heavy atom. The van der Waals surface area contributed by atoms with E-state index < -0.39 is 5.25 Å². The molecule has 6 heteroatoms. The Morgan fingerprint density at radius 1 is 1.32 bits per heavy atom. The van der Waals surface area contributed by atoms with E-state index in [1.165, 1.54) is 18.7 Å². The van der Waals surface area contributed by atoms with Gasteiger partial charge in [-0.1, -0.05) is 42.1 Å². The van der Waals surface area contributed by atoms with E-state index >= 15 is 0 Å². The number of rotatable bonds is 6. The minimum atomic E-state index is -0.411. The Kier molecular flexibility index (Phi) is 6.31. The molecule has 1 N–H and O–H groups in total. The highest BCUT2D eigenvalue weighted by Gasteiger charge is 2.19. The summed E-state index contributed by atoms with van der Waals surface area (Å²) in [5, 5.41) is 12.2. The van der Waals surface area contributed by atoms with Crippen LogP contribution in [-0.4, -0.2) is 21.9 Å². The summed E-state index contributed by atoms with van der Waals surface area (Å²) >= 11 is 1.22. The number of nitriles is 1. The average molecular weight is 353 g/mol. The summed E-state index contributed by atoms with van der Waals surface area (Å²) in [6.45, 7) is 5.38. The molecular formula is C19H19N3O2S. The van der Waals surface area contributed by atoms with Crippen LogP contribution in [0.15, 0.2) is 41.4 Å². The van der Waals surface area contributed by atoms with Crippen molar-refractivity contribution < 1.29 is 9.59 Å². The zero-order valence-corrected chi connectivity index (χ0v) is 15.2. The van der Waals surface area contributed by atoms with Gasteiger partial charge in [0, 0.05) is 17.8 Å². The van der Waals surface area contributed by atoms with E-state index in [4.69, 9.17) is 0 Å². The number of nitrogens with zero attached hydrogens (tertiary/aromatic N) is 2. The van der Waals surface area contributed by atoms with Crippen molar-refractivity contribution in [2.75, 3.05) is 0 Å². The Bertz CT molecular complexity index is 829. The third-order valence-corrected chi connectivity index (χ3v) is 4.75. The minimum absolute atomic E-state index is 0.132. The summed E-state index contributed by atoms with van der Waals surface area (Å²) in [7, 11) is 0. The summed E-state index contributed by atoms with van der Waals surface area (Å²) in [5.74, 6) is -0.264. The molecule has 0 fully saturated rings. The summed E-state index contributed by atoms with van der Waals surface area (Å²) < 4.78 is 0. The second kappa shape index (κ2) is 8.45. The number of ketones is 1. The maximum atomic E-state index is 12.3. The predicted octanol–water partition coefficient (Wildman–Crippen LogP) is 3.26. The van der Waals surface area contributed by atoms with Crippen LogP contribution in [0, 0.1) is 18.3 Å². The lowest BCUT2D eigenvalue weighted by Crippen LogP contribution is -2.30. The van der Waals surface area contributed by atoms with Crippen LogP contribution in [0.1, 0.15) is 41.0 Å². The van der Waals surface area contributed by atoms with Gasteiger partial charge in [0.25, 0.3) is 0 Å². The van der Waals surface area contributed by atoms with Crippen molar-refractivity contribution >= 4 is 23.5 Å². The summed E-state index contributed by atoms with van der Waals surface area (Å²) in [6, 6.07) is 13.2. The average Bonchev–Trinajstić information content (AvgIpc) is 2.60. The molecule has 1 aromatic heterocycles. The van der Waals surface area contributed by atoms with Crippen molar-refractivity contribution in [2.24, 2.45) is 0 Å².